The van der Waals surface area contributed by atoms with Gasteiger partial charge in [-0.3, -0.25) is 4.79 Å². The molecule has 1 aliphatic carbocycles. The van der Waals surface area contributed by atoms with Gasteiger partial charge in [-0.1, -0.05) is 18.6 Å². The van der Waals surface area contributed by atoms with Crippen molar-refractivity contribution in [2.75, 3.05) is 0 Å². The van der Waals surface area contributed by atoms with Crippen LogP contribution in [0.4, 0.5) is 0 Å². The zero-order chi connectivity index (χ0) is 18.6. The van der Waals surface area contributed by atoms with E-state index in [-0.39, 0.29) is 24.0 Å². The Bertz CT molecular complexity index is 607. The molecule has 1 aromatic rings. The average molecular weight is 345 g/mol. The maximum Gasteiger partial charge on any atom is 0.339 e. The van der Waals surface area contributed by atoms with Crippen molar-refractivity contribution in [2.45, 2.75) is 84.4 Å². The minimum absolute atomic E-state index is 0.0624. The number of carbonyl (C=O) groups excluding carboxylic acids is 2. The molecule has 0 heterocycles. The van der Waals surface area contributed by atoms with Crippen LogP contribution in [0.3, 0.4) is 0 Å². The van der Waals surface area contributed by atoms with E-state index in [2.05, 4.69) is 0 Å². The van der Waals surface area contributed by atoms with Gasteiger partial charge in [-0.2, -0.15) is 0 Å². The number of nitrogens with zero attached hydrogens (tertiary/aromatic N) is 1. The molecule has 1 fully saturated rings. The molecule has 25 heavy (non-hydrogen) atoms. The number of hydrogen-bond acceptors (Lipinski definition) is 3. The van der Waals surface area contributed by atoms with E-state index < -0.39 is 5.60 Å². The first-order valence-electron chi connectivity index (χ1n) is 9.40. The Kier molecular flexibility index (Phi) is 6.26. The van der Waals surface area contributed by atoms with E-state index in [4.69, 9.17) is 4.74 Å². The first kappa shape index (κ1) is 19.5. The van der Waals surface area contributed by atoms with Crippen molar-refractivity contribution in [1.29, 1.82) is 0 Å². The van der Waals surface area contributed by atoms with Crippen molar-refractivity contribution >= 4 is 11.9 Å². The topological polar surface area (TPSA) is 46.6 Å². The minimum atomic E-state index is -0.415. The monoisotopic (exact) mass is 345 g/mol. The summed E-state index contributed by atoms with van der Waals surface area (Å²) in [6.45, 7) is 9.95. The molecule has 1 amide bonds. The zero-order valence-corrected chi connectivity index (χ0v) is 16.2. The summed E-state index contributed by atoms with van der Waals surface area (Å²) in [5.41, 5.74) is 0.376. The van der Waals surface area contributed by atoms with Crippen LogP contribution in [-0.4, -0.2) is 34.5 Å². The number of esters is 1. The van der Waals surface area contributed by atoms with Gasteiger partial charge in [0.2, 0.25) is 0 Å². The van der Waals surface area contributed by atoms with E-state index in [9.17, 15) is 9.59 Å². The third-order valence-corrected chi connectivity index (χ3v) is 4.97. The summed E-state index contributed by atoms with van der Waals surface area (Å²) in [5.74, 6) is -0.507. The molecular weight excluding hydrogens is 314 g/mol. The predicted octanol–water partition coefficient (Wildman–Crippen LogP) is 4.83. The summed E-state index contributed by atoms with van der Waals surface area (Å²) >= 11 is 0. The Labute approximate surface area is 151 Å². The van der Waals surface area contributed by atoms with E-state index in [1.165, 1.54) is 6.42 Å². The predicted molar refractivity (Wildman–Crippen MR) is 99.8 cm³/mol. The highest BCUT2D eigenvalue weighted by Gasteiger charge is 2.33. The van der Waals surface area contributed by atoms with E-state index in [0.717, 1.165) is 25.7 Å². The summed E-state index contributed by atoms with van der Waals surface area (Å²) in [5, 5.41) is 0. The Morgan fingerprint density at radius 3 is 2.00 bits per heavy atom. The molecular formula is C21H31NO3. The molecule has 0 N–H and O–H groups in total. The van der Waals surface area contributed by atoms with Crippen LogP contribution < -0.4 is 0 Å². The van der Waals surface area contributed by atoms with Crippen molar-refractivity contribution in [3.8, 4) is 0 Å². The van der Waals surface area contributed by atoms with Crippen molar-refractivity contribution in [1.82, 2.24) is 4.90 Å². The maximum atomic E-state index is 13.0. The van der Waals surface area contributed by atoms with E-state index in [1.54, 1.807) is 29.2 Å². The van der Waals surface area contributed by atoms with Gasteiger partial charge >= 0.3 is 5.97 Å². The first-order valence-corrected chi connectivity index (χ1v) is 9.40. The SMILES string of the molecule is CC(C)N(C(=O)c1ccccc1C(=O)OC1(C)CCCCC1)C(C)C. The first-order chi connectivity index (χ1) is 11.7. The van der Waals surface area contributed by atoms with Crippen LogP contribution in [0.2, 0.25) is 0 Å². The molecule has 0 atom stereocenters. The lowest BCUT2D eigenvalue weighted by molar-refractivity contribution is -0.0271. The van der Waals surface area contributed by atoms with Gasteiger partial charge in [0.05, 0.1) is 11.1 Å². The Morgan fingerprint density at radius 1 is 0.960 bits per heavy atom. The summed E-state index contributed by atoms with van der Waals surface area (Å²) in [6.07, 6.45) is 5.13. The highest BCUT2D eigenvalue weighted by atomic mass is 16.6. The summed E-state index contributed by atoms with van der Waals surface area (Å²) in [6, 6.07) is 7.12. The highest BCUT2D eigenvalue weighted by molar-refractivity contribution is 6.05. The largest absolute Gasteiger partial charge is 0.456 e. The number of amides is 1. The van der Waals surface area contributed by atoms with E-state index in [1.807, 2.05) is 34.6 Å². The number of carbonyl (C=O) groups is 2. The van der Waals surface area contributed by atoms with Crippen LogP contribution in [0.25, 0.3) is 0 Å². The van der Waals surface area contributed by atoms with Crippen molar-refractivity contribution < 1.29 is 14.3 Å². The van der Waals surface area contributed by atoms with Crippen LogP contribution in [0, 0.1) is 0 Å². The Morgan fingerprint density at radius 2 is 1.48 bits per heavy atom. The van der Waals surface area contributed by atoms with Gasteiger partial charge in [0.15, 0.2) is 0 Å². The highest BCUT2D eigenvalue weighted by Crippen LogP contribution is 2.32. The lowest BCUT2D eigenvalue weighted by Gasteiger charge is -2.34. The van der Waals surface area contributed by atoms with Gasteiger partial charge in [0.25, 0.3) is 5.91 Å². The van der Waals surface area contributed by atoms with Gasteiger partial charge in [0.1, 0.15) is 5.60 Å². The second-order valence-electron chi connectivity index (χ2n) is 7.85. The normalized spacial score (nSPS) is 16.8. The second-order valence-corrected chi connectivity index (χ2v) is 7.85. The molecule has 0 radical (unpaired) electrons. The number of benzene rings is 1. The van der Waals surface area contributed by atoms with Crippen molar-refractivity contribution in [3.63, 3.8) is 0 Å². The lowest BCUT2D eigenvalue weighted by atomic mass is 9.86. The number of ether oxygens (including phenoxy) is 1. The van der Waals surface area contributed by atoms with E-state index in [0.29, 0.717) is 11.1 Å². The number of rotatable bonds is 5. The quantitative estimate of drug-likeness (QED) is 0.718. The molecule has 1 aliphatic rings. The summed E-state index contributed by atoms with van der Waals surface area (Å²) in [7, 11) is 0. The van der Waals surface area contributed by atoms with Crippen LogP contribution in [0.5, 0.6) is 0 Å². The van der Waals surface area contributed by atoms with Gasteiger partial charge in [-0.25, -0.2) is 4.79 Å². The maximum absolute atomic E-state index is 13.0. The molecule has 138 valence electrons. The van der Waals surface area contributed by atoms with Crippen LogP contribution >= 0.6 is 0 Å². The standard InChI is InChI=1S/C21H31NO3/c1-15(2)22(16(3)4)19(23)17-11-7-8-12-18(17)20(24)25-21(5)13-9-6-10-14-21/h7-8,11-12,15-16H,6,9-10,13-14H2,1-5H3. The molecule has 0 saturated heterocycles. The van der Waals surface area contributed by atoms with Crippen LogP contribution in [-0.2, 0) is 4.74 Å². The fourth-order valence-electron chi connectivity index (χ4n) is 3.73. The molecule has 4 nitrogen and oxygen atoms in total. The third kappa shape index (κ3) is 4.62. The Balaban J connectivity index is 2.28. The second kappa shape index (κ2) is 8.03. The molecule has 0 unspecified atom stereocenters. The summed E-state index contributed by atoms with van der Waals surface area (Å²) in [4.78, 5) is 27.7. The van der Waals surface area contributed by atoms with Gasteiger partial charge in [0, 0.05) is 12.1 Å². The minimum Gasteiger partial charge on any atom is -0.456 e. The number of hydrogen-bond donors (Lipinski definition) is 0. The molecule has 4 heteroatoms. The fourth-order valence-corrected chi connectivity index (χ4v) is 3.73. The van der Waals surface area contributed by atoms with Crippen LogP contribution in [0.15, 0.2) is 24.3 Å². The van der Waals surface area contributed by atoms with Gasteiger partial charge in [-0.15, -0.1) is 0 Å². The molecule has 0 spiro atoms. The zero-order valence-electron chi connectivity index (χ0n) is 16.2. The molecule has 1 aromatic carbocycles. The molecule has 0 aromatic heterocycles. The summed E-state index contributed by atoms with van der Waals surface area (Å²) < 4.78 is 5.85. The lowest BCUT2D eigenvalue weighted by Crippen LogP contribution is -2.43. The molecule has 2 rings (SSSR count). The fraction of sp³-hybridized carbons (Fsp3) is 0.619. The van der Waals surface area contributed by atoms with Crippen LogP contribution in [0.1, 0.15) is 87.4 Å². The van der Waals surface area contributed by atoms with Gasteiger partial charge < -0.3 is 9.64 Å². The smallest absolute Gasteiger partial charge is 0.339 e. The Hall–Kier alpha value is -1.84. The van der Waals surface area contributed by atoms with E-state index >= 15 is 0 Å². The van der Waals surface area contributed by atoms with Crippen molar-refractivity contribution in [2.24, 2.45) is 0 Å². The van der Waals surface area contributed by atoms with Gasteiger partial charge in [-0.05, 0) is 72.4 Å². The molecule has 0 bridgehead atoms. The van der Waals surface area contributed by atoms with Crippen molar-refractivity contribution in [3.05, 3.63) is 35.4 Å². The molecule has 1 saturated carbocycles. The molecule has 0 aliphatic heterocycles. The third-order valence-electron chi connectivity index (χ3n) is 4.97. The average Bonchev–Trinajstić information content (AvgIpc) is 2.54.